The molecule has 29 heavy (non-hydrogen) atoms. The Balaban J connectivity index is 1.97. The van der Waals surface area contributed by atoms with Crippen molar-refractivity contribution in [2.24, 2.45) is 0 Å². The number of anilines is 1. The number of hydrogen-bond donors (Lipinski definition) is 1. The van der Waals surface area contributed by atoms with E-state index in [4.69, 9.17) is 30.5 Å². The van der Waals surface area contributed by atoms with E-state index in [1.165, 1.54) is 33.5 Å². The predicted octanol–water partition coefficient (Wildman–Crippen LogP) is 3.87. The first kappa shape index (κ1) is 22.1. The third kappa shape index (κ3) is 5.89. The van der Waals surface area contributed by atoms with Crippen molar-refractivity contribution in [3.05, 3.63) is 52.6 Å². The summed E-state index contributed by atoms with van der Waals surface area (Å²) >= 11 is 6.01. The molecule has 0 saturated heterocycles. The number of carbonyl (C=O) groups is 2. The Morgan fingerprint density at radius 3 is 2.31 bits per heavy atom. The zero-order chi connectivity index (χ0) is 21.4. The number of nitrogens with one attached hydrogen (secondary N) is 1. The van der Waals surface area contributed by atoms with E-state index in [1.807, 2.05) is 0 Å². The van der Waals surface area contributed by atoms with Gasteiger partial charge in [-0.05, 0) is 48.4 Å². The molecule has 8 heteroatoms. The van der Waals surface area contributed by atoms with Gasteiger partial charge in [0.1, 0.15) is 0 Å². The third-order valence-corrected chi connectivity index (χ3v) is 4.40. The molecule has 0 unspecified atom stereocenters. The Morgan fingerprint density at radius 1 is 1.07 bits per heavy atom. The van der Waals surface area contributed by atoms with Gasteiger partial charge in [0, 0.05) is 16.8 Å². The Hall–Kier alpha value is -3.19. The Labute approximate surface area is 174 Å². The fraction of sp³-hybridized carbons (Fsp3) is 0.238. The van der Waals surface area contributed by atoms with Crippen molar-refractivity contribution in [1.82, 2.24) is 0 Å². The molecule has 0 heterocycles. The maximum atomic E-state index is 12.0. The van der Waals surface area contributed by atoms with Crippen LogP contribution in [0.5, 0.6) is 17.2 Å². The second-order valence-corrected chi connectivity index (χ2v) is 6.27. The van der Waals surface area contributed by atoms with Crippen LogP contribution in [0.2, 0.25) is 5.02 Å². The SMILES string of the molecule is COc1cc(C=CC(=O)OCC(=O)Nc2cccc(Cl)c2C)cc(OC)c1OC. The van der Waals surface area contributed by atoms with Crippen LogP contribution < -0.4 is 19.5 Å². The van der Waals surface area contributed by atoms with Crippen molar-refractivity contribution < 1.29 is 28.5 Å². The molecular formula is C21H22ClNO6. The van der Waals surface area contributed by atoms with Gasteiger partial charge in [0.25, 0.3) is 5.91 Å². The summed E-state index contributed by atoms with van der Waals surface area (Å²) in [5.74, 6) is 0.219. The van der Waals surface area contributed by atoms with Gasteiger partial charge in [-0.25, -0.2) is 4.79 Å². The average Bonchev–Trinajstić information content (AvgIpc) is 2.73. The number of benzene rings is 2. The second kappa shape index (κ2) is 10.4. The number of amides is 1. The first-order chi connectivity index (χ1) is 13.9. The standard InChI is InChI=1S/C21H22ClNO6/c1-13-15(22)6-5-7-16(13)23-19(24)12-29-20(25)9-8-14-10-17(26-2)21(28-4)18(11-14)27-3/h5-11H,12H2,1-4H3,(H,23,24). The lowest BCUT2D eigenvalue weighted by Crippen LogP contribution is -2.20. The van der Waals surface area contributed by atoms with Gasteiger partial charge in [-0.1, -0.05) is 17.7 Å². The Morgan fingerprint density at radius 2 is 1.72 bits per heavy atom. The van der Waals surface area contributed by atoms with Crippen molar-refractivity contribution >= 4 is 35.2 Å². The topological polar surface area (TPSA) is 83.1 Å². The molecule has 0 fully saturated rings. The summed E-state index contributed by atoms with van der Waals surface area (Å²) in [5.41, 5.74) is 1.93. The van der Waals surface area contributed by atoms with Crippen LogP contribution in [0.15, 0.2) is 36.4 Å². The Bertz CT molecular complexity index is 900. The molecular weight excluding hydrogens is 398 g/mol. The maximum absolute atomic E-state index is 12.0. The summed E-state index contributed by atoms with van der Waals surface area (Å²) in [6.07, 6.45) is 2.73. The number of ether oxygens (including phenoxy) is 4. The molecule has 0 aliphatic rings. The van der Waals surface area contributed by atoms with E-state index in [0.29, 0.717) is 33.5 Å². The van der Waals surface area contributed by atoms with E-state index in [-0.39, 0.29) is 0 Å². The van der Waals surface area contributed by atoms with Crippen molar-refractivity contribution in [1.29, 1.82) is 0 Å². The van der Waals surface area contributed by atoms with E-state index in [9.17, 15) is 9.59 Å². The maximum Gasteiger partial charge on any atom is 0.331 e. The van der Waals surface area contributed by atoms with E-state index in [0.717, 1.165) is 5.56 Å². The van der Waals surface area contributed by atoms with E-state index in [1.54, 1.807) is 37.3 Å². The number of methoxy groups -OCH3 is 3. The van der Waals surface area contributed by atoms with Crippen LogP contribution in [0.3, 0.4) is 0 Å². The van der Waals surface area contributed by atoms with Crippen LogP contribution >= 0.6 is 11.6 Å². The molecule has 1 N–H and O–H groups in total. The van der Waals surface area contributed by atoms with Gasteiger partial charge < -0.3 is 24.3 Å². The number of halogens is 1. The van der Waals surface area contributed by atoms with Crippen LogP contribution in [0.4, 0.5) is 5.69 Å². The van der Waals surface area contributed by atoms with Crippen LogP contribution in [-0.4, -0.2) is 39.8 Å². The first-order valence-electron chi connectivity index (χ1n) is 8.59. The number of carbonyl (C=O) groups excluding carboxylic acids is 2. The molecule has 0 bridgehead atoms. The summed E-state index contributed by atoms with van der Waals surface area (Å²) in [6.45, 7) is 1.36. The molecule has 2 aromatic carbocycles. The van der Waals surface area contributed by atoms with Crippen molar-refractivity contribution in [2.75, 3.05) is 33.3 Å². The molecule has 7 nitrogen and oxygen atoms in total. The summed E-state index contributed by atoms with van der Waals surface area (Å²) in [4.78, 5) is 23.9. The van der Waals surface area contributed by atoms with Crippen LogP contribution in [0, 0.1) is 6.92 Å². The van der Waals surface area contributed by atoms with Crippen LogP contribution in [0.25, 0.3) is 6.08 Å². The minimum Gasteiger partial charge on any atom is -0.493 e. The summed E-state index contributed by atoms with van der Waals surface area (Å²) in [6, 6.07) is 8.52. The molecule has 0 saturated carbocycles. The minimum atomic E-state index is -0.670. The molecule has 0 radical (unpaired) electrons. The fourth-order valence-electron chi connectivity index (χ4n) is 2.48. The molecule has 2 rings (SSSR count). The van der Waals surface area contributed by atoms with E-state index < -0.39 is 18.5 Å². The minimum absolute atomic E-state index is 0.426. The molecule has 0 atom stereocenters. The number of esters is 1. The van der Waals surface area contributed by atoms with Crippen LogP contribution in [-0.2, 0) is 14.3 Å². The lowest BCUT2D eigenvalue weighted by Gasteiger charge is -2.12. The Kier molecular flexibility index (Phi) is 7.91. The molecule has 1 amide bonds. The predicted molar refractivity (Wildman–Crippen MR) is 111 cm³/mol. The highest BCUT2D eigenvalue weighted by Crippen LogP contribution is 2.38. The normalized spacial score (nSPS) is 10.5. The third-order valence-electron chi connectivity index (χ3n) is 3.99. The highest BCUT2D eigenvalue weighted by Gasteiger charge is 2.13. The molecule has 0 aliphatic heterocycles. The quantitative estimate of drug-likeness (QED) is 0.516. The molecule has 154 valence electrons. The fourth-order valence-corrected chi connectivity index (χ4v) is 2.65. The smallest absolute Gasteiger partial charge is 0.331 e. The average molecular weight is 420 g/mol. The lowest BCUT2D eigenvalue weighted by atomic mass is 10.1. The summed E-state index contributed by atoms with van der Waals surface area (Å²) in [5, 5.41) is 3.19. The van der Waals surface area contributed by atoms with Gasteiger partial charge in [0.2, 0.25) is 5.75 Å². The molecule has 2 aromatic rings. The van der Waals surface area contributed by atoms with Crippen molar-refractivity contribution in [2.45, 2.75) is 6.92 Å². The molecule has 0 aliphatic carbocycles. The first-order valence-corrected chi connectivity index (χ1v) is 8.97. The number of hydrogen-bond acceptors (Lipinski definition) is 6. The van der Waals surface area contributed by atoms with Gasteiger partial charge in [-0.3, -0.25) is 4.79 Å². The highest BCUT2D eigenvalue weighted by molar-refractivity contribution is 6.31. The van der Waals surface area contributed by atoms with E-state index >= 15 is 0 Å². The van der Waals surface area contributed by atoms with Crippen molar-refractivity contribution in [3.8, 4) is 17.2 Å². The van der Waals surface area contributed by atoms with Gasteiger partial charge in [0.05, 0.1) is 21.3 Å². The van der Waals surface area contributed by atoms with E-state index in [2.05, 4.69) is 5.32 Å². The zero-order valence-corrected chi connectivity index (χ0v) is 17.3. The van der Waals surface area contributed by atoms with Gasteiger partial charge in [-0.2, -0.15) is 0 Å². The molecule has 0 aromatic heterocycles. The zero-order valence-electron chi connectivity index (χ0n) is 16.6. The van der Waals surface area contributed by atoms with Gasteiger partial charge in [-0.15, -0.1) is 0 Å². The van der Waals surface area contributed by atoms with Crippen LogP contribution in [0.1, 0.15) is 11.1 Å². The number of rotatable bonds is 8. The highest BCUT2D eigenvalue weighted by atomic mass is 35.5. The second-order valence-electron chi connectivity index (χ2n) is 5.86. The summed E-state index contributed by atoms with van der Waals surface area (Å²) in [7, 11) is 4.50. The van der Waals surface area contributed by atoms with Gasteiger partial charge in [0.15, 0.2) is 18.1 Å². The monoisotopic (exact) mass is 419 g/mol. The summed E-state index contributed by atoms with van der Waals surface area (Å²) < 4.78 is 20.7. The molecule has 0 spiro atoms. The van der Waals surface area contributed by atoms with Gasteiger partial charge >= 0.3 is 5.97 Å². The van der Waals surface area contributed by atoms with Crippen molar-refractivity contribution in [3.63, 3.8) is 0 Å². The lowest BCUT2D eigenvalue weighted by molar-refractivity contribution is -0.142. The largest absolute Gasteiger partial charge is 0.493 e.